The van der Waals surface area contributed by atoms with Crippen LogP contribution in [0.25, 0.3) is 0 Å². The topological polar surface area (TPSA) is 32.3 Å². The third kappa shape index (κ3) is 3.98. The lowest BCUT2D eigenvalue weighted by molar-refractivity contribution is 0.458. The molecular weight excluding hydrogens is 258 g/mol. The van der Waals surface area contributed by atoms with E-state index in [9.17, 15) is 5.11 Å². The molecule has 0 fully saturated rings. The van der Waals surface area contributed by atoms with Crippen molar-refractivity contribution in [1.29, 1.82) is 0 Å². The monoisotopic (exact) mass is 275 g/mol. The van der Waals surface area contributed by atoms with Gasteiger partial charge in [-0.2, -0.15) is 0 Å². The van der Waals surface area contributed by atoms with Crippen LogP contribution >= 0.6 is 11.6 Å². The highest BCUT2D eigenvalue weighted by Gasteiger charge is 2.08. The molecule has 1 unspecified atom stereocenters. The summed E-state index contributed by atoms with van der Waals surface area (Å²) in [4.78, 5) is 0. The zero-order chi connectivity index (χ0) is 13.7. The van der Waals surface area contributed by atoms with Gasteiger partial charge in [-0.3, -0.25) is 0 Å². The molecule has 2 aromatic rings. The molecule has 0 aliphatic heterocycles. The summed E-state index contributed by atoms with van der Waals surface area (Å²) in [6.45, 7) is 2.69. The van der Waals surface area contributed by atoms with Gasteiger partial charge in [0.15, 0.2) is 0 Å². The highest BCUT2D eigenvalue weighted by molar-refractivity contribution is 6.31. The summed E-state index contributed by atoms with van der Waals surface area (Å²) in [7, 11) is 0. The van der Waals surface area contributed by atoms with Crippen LogP contribution in [-0.2, 0) is 13.0 Å². The second kappa shape index (κ2) is 6.60. The molecule has 0 heterocycles. The third-order valence-electron chi connectivity index (χ3n) is 3.11. The van der Waals surface area contributed by atoms with Crippen LogP contribution in [0.3, 0.4) is 0 Å². The van der Waals surface area contributed by atoms with Crippen molar-refractivity contribution < 1.29 is 5.11 Å². The van der Waals surface area contributed by atoms with Gasteiger partial charge >= 0.3 is 0 Å². The summed E-state index contributed by atoms with van der Waals surface area (Å²) in [5.41, 5.74) is 2.05. The van der Waals surface area contributed by atoms with Crippen molar-refractivity contribution in [3.05, 3.63) is 64.7 Å². The van der Waals surface area contributed by atoms with Crippen molar-refractivity contribution in [3.8, 4) is 5.75 Å². The highest BCUT2D eigenvalue weighted by atomic mass is 35.5. The summed E-state index contributed by atoms with van der Waals surface area (Å²) >= 11 is 6.07. The van der Waals surface area contributed by atoms with Crippen molar-refractivity contribution in [3.63, 3.8) is 0 Å². The van der Waals surface area contributed by atoms with Crippen LogP contribution in [0.15, 0.2) is 48.5 Å². The predicted octanol–water partition coefficient (Wildman–Crippen LogP) is 3.77. The molecule has 0 saturated carbocycles. The van der Waals surface area contributed by atoms with Crippen molar-refractivity contribution in [2.45, 2.75) is 25.9 Å². The largest absolute Gasteiger partial charge is 0.508 e. The molecule has 2 rings (SSSR count). The normalized spacial score (nSPS) is 12.3. The summed E-state index contributed by atoms with van der Waals surface area (Å²) < 4.78 is 0. The molecule has 0 aliphatic carbocycles. The molecule has 2 aromatic carbocycles. The third-order valence-corrected chi connectivity index (χ3v) is 3.46. The maximum Gasteiger partial charge on any atom is 0.121 e. The van der Waals surface area contributed by atoms with E-state index in [-0.39, 0.29) is 5.75 Å². The minimum absolute atomic E-state index is 0.243. The van der Waals surface area contributed by atoms with Crippen molar-refractivity contribution in [2.75, 3.05) is 0 Å². The summed E-state index contributed by atoms with van der Waals surface area (Å²) in [5, 5.41) is 13.8. The second-order valence-electron chi connectivity index (χ2n) is 4.71. The van der Waals surface area contributed by atoms with Crippen molar-refractivity contribution >= 4 is 11.6 Å². The molecule has 0 amide bonds. The summed E-state index contributed by atoms with van der Waals surface area (Å²) in [5.74, 6) is 0.243. The van der Waals surface area contributed by atoms with Gasteiger partial charge in [-0.15, -0.1) is 0 Å². The first kappa shape index (κ1) is 13.9. The fourth-order valence-electron chi connectivity index (χ4n) is 2.04. The maximum atomic E-state index is 9.77. The average molecular weight is 276 g/mol. The van der Waals surface area contributed by atoms with Gasteiger partial charge in [0.25, 0.3) is 0 Å². The number of benzene rings is 2. The molecule has 2 nitrogen and oxygen atoms in total. The van der Waals surface area contributed by atoms with Gasteiger partial charge in [0.1, 0.15) is 5.75 Å². The summed E-state index contributed by atoms with van der Waals surface area (Å²) in [6.07, 6.45) is 0.950. The SMILES string of the molecule is CC(Cc1ccccc1)NCc1c(O)cccc1Cl. The number of nitrogens with one attached hydrogen (secondary N) is 1. The molecule has 3 heteroatoms. The Kier molecular flexibility index (Phi) is 4.83. The number of hydrogen-bond donors (Lipinski definition) is 2. The first-order valence-corrected chi connectivity index (χ1v) is 6.78. The second-order valence-corrected chi connectivity index (χ2v) is 5.12. The van der Waals surface area contributed by atoms with Crippen LogP contribution < -0.4 is 5.32 Å². The highest BCUT2D eigenvalue weighted by Crippen LogP contribution is 2.24. The number of hydrogen-bond acceptors (Lipinski definition) is 2. The minimum Gasteiger partial charge on any atom is -0.508 e. The van der Waals surface area contributed by atoms with Gasteiger partial charge in [0.2, 0.25) is 0 Å². The van der Waals surface area contributed by atoms with Gasteiger partial charge in [0.05, 0.1) is 0 Å². The number of phenols is 1. The van der Waals surface area contributed by atoms with E-state index in [0.29, 0.717) is 17.6 Å². The molecular formula is C16H18ClNO. The number of halogens is 1. The van der Waals surface area contributed by atoms with Crippen LogP contribution in [0, 0.1) is 0 Å². The standard InChI is InChI=1S/C16H18ClNO/c1-12(10-13-6-3-2-4-7-13)18-11-14-15(17)8-5-9-16(14)19/h2-9,12,18-19H,10-11H2,1H3. The van der Waals surface area contributed by atoms with Gasteiger partial charge < -0.3 is 10.4 Å². The molecule has 19 heavy (non-hydrogen) atoms. The van der Waals surface area contributed by atoms with E-state index in [1.54, 1.807) is 18.2 Å². The van der Waals surface area contributed by atoms with Crippen LogP contribution in [0.2, 0.25) is 5.02 Å². The van der Waals surface area contributed by atoms with Crippen LogP contribution in [-0.4, -0.2) is 11.1 Å². The molecule has 2 N–H and O–H groups in total. The minimum atomic E-state index is 0.243. The molecule has 0 bridgehead atoms. The predicted molar refractivity (Wildman–Crippen MR) is 79.6 cm³/mol. The molecule has 0 aromatic heterocycles. The molecule has 1 atom stereocenters. The Morgan fingerprint density at radius 3 is 2.53 bits per heavy atom. The quantitative estimate of drug-likeness (QED) is 0.871. The lowest BCUT2D eigenvalue weighted by atomic mass is 10.1. The van der Waals surface area contributed by atoms with Gasteiger partial charge in [0, 0.05) is 23.2 Å². The van der Waals surface area contributed by atoms with E-state index in [1.165, 1.54) is 5.56 Å². The summed E-state index contributed by atoms with van der Waals surface area (Å²) in [6, 6.07) is 15.8. The van der Waals surface area contributed by atoms with Crippen molar-refractivity contribution in [1.82, 2.24) is 5.32 Å². The van der Waals surface area contributed by atoms with Crippen LogP contribution in [0.4, 0.5) is 0 Å². The Morgan fingerprint density at radius 2 is 1.84 bits per heavy atom. The fraction of sp³-hybridized carbons (Fsp3) is 0.250. The molecule has 100 valence electrons. The Bertz CT molecular complexity index is 507. The Hall–Kier alpha value is -1.51. The smallest absolute Gasteiger partial charge is 0.121 e. The van der Waals surface area contributed by atoms with E-state index in [1.807, 2.05) is 18.2 Å². The zero-order valence-corrected chi connectivity index (χ0v) is 11.7. The lowest BCUT2D eigenvalue weighted by Crippen LogP contribution is -2.27. The van der Waals surface area contributed by atoms with E-state index in [2.05, 4.69) is 24.4 Å². The maximum absolute atomic E-state index is 9.77. The van der Waals surface area contributed by atoms with E-state index in [0.717, 1.165) is 12.0 Å². The van der Waals surface area contributed by atoms with E-state index >= 15 is 0 Å². The first-order valence-electron chi connectivity index (χ1n) is 6.40. The molecule has 0 radical (unpaired) electrons. The van der Waals surface area contributed by atoms with Crippen LogP contribution in [0.5, 0.6) is 5.75 Å². The number of phenolic OH excluding ortho intramolecular Hbond substituents is 1. The molecule has 0 saturated heterocycles. The zero-order valence-electron chi connectivity index (χ0n) is 10.9. The molecule has 0 aliphatic rings. The van der Waals surface area contributed by atoms with E-state index in [4.69, 9.17) is 11.6 Å². The molecule has 0 spiro atoms. The number of aromatic hydroxyl groups is 1. The van der Waals surface area contributed by atoms with Gasteiger partial charge in [-0.1, -0.05) is 48.0 Å². The Labute approximate surface area is 119 Å². The lowest BCUT2D eigenvalue weighted by Gasteiger charge is -2.15. The fourth-order valence-corrected chi connectivity index (χ4v) is 2.27. The average Bonchev–Trinajstić information content (AvgIpc) is 2.39. The van der Waals surface area contributed by atoms with E-state index < -0.39 is 0 Å². The Morgan fingerprint density at radius 1 is 1.11 bits per heavy atom. The number of rotatable bonds is 5. The van der Waals surface area contributed by atoms with Crippen LogP contribution in [0.1, 0.15) is 18.1 Å². The Balaban J connectivity index is 1.92. The van der Waals surface area contributed by atoms with Crippen molar-refractivity contribution in [2.24, 2.45) is 0 Å². The van der Waals surface area contributed by atoms with Gasteiger partial charge in [-0.05, 0) is 31.0 Å². The van der Waals surface area contributed by atoms with Gasteiger partial charge in [-0.25, -0.2) is 0 Å². The first-order chi connectivity index (χ1) is 9.16.